The number of hydrogen-bond acceptors (Lipinski definition) is 2. The molecular weight excluding hydrogens is 138 g/mol. The lowest BCUT2D eigenvalue weighted by molar-refractivity contribution is 0.0491. The van der Waals surface area contributed by atoms with Crippen LogP contribution in [0.2, 0.25) is 0 Å². The zero-order valence-electron chi connectivity index (χ0n) is 7.01. The Morgan fingerprint density at radius 1 is 1.36 bits per heavy atom. The van der Waals surface area contributed by atoms with E-state index in [1.54, 1.807) is 0 Å². The lowest BCUT2D eigenvalue weighted by Gasteiger charge is -2.34. The minimum atomic E-state index is -0.761. The highest BCUT2D eigenvalue weighted by atomic mass is 16.3. The van der Waals surface area contributed by atoms with Gasteiger partial charge in [0, 0.05) is 5.41 Å². The van der Waals surface area contributed by atoms with E-state index < -0.39 is 6.10 Å². The molecule has 1 atom stereocenters. The fourth-order valence-corrected chi connectivity index (χ4v) is 1.79. The molecule has 1 N–H and O–H groups in total. The summed E-state index contributed by atoms with van der Waals surface area (Å²) >= 11 is 0. The number of aliphatic hydroxyl groups is 1. The molecular formula is C9H15NO. The van der Waals surface area contributed by atoms with E-state index in [0.29, 0.717) is 0 Å². The quantitative estimate of drug-likeness (QED) is 0.584. The molecule has 0 saturated heterocycles. The van der Waals surface area contributed by atoms with E-state index in [1.807, 2.05) is 13.0 Å². The van der Waals surface area contributed by atoms with Crippen molar-refractivity contribution < 1.29 is 5.11 Å². The molecule has 0 aromatic carbocycles. The average Bonchev–Trinajstić information content (AvgIpc) is 2.04. The fraction of sp³-hybridized carbons (Fsp3) is 0.889. The van der Waals surface area contributed by atoms with Gasteiger partial charge in [-0.15, -0.1) is 0 Å². The van der Waals surface area contributed by atoms with Crippen molar-refractivity contribution in [2.45, 2.75) is 45.1 Å². The van der Waals surface area contributed by atoms with Gasteiger partial charge in [-0.25, -0.2) is 0 Å². The molecule has 0 aliphatic heterocycles. The molecule has 1 aliphatic rings. The van der Waals surface area contributed by atoms with Gasteiger partial charge in [0.25, 0.3) is 0 Å². The summed E-state index contributed by atoms with van der Waals surface area (Å²) in [5.74, 6) is 0. The molecule has 1 rings (SSSR count). The summed E-state index contributed by atoms with van der Waals surface area (Å²) in [5, 5.41) is 17.9. The maximum atomic E-state index is 9.38. The third-order valence-electron chi connectivity index (χ3n) is 2.78. The van der Waals surface area contributed by atoms with E-state index in [-0.39, 0.29) is 5.41 Å². The van der Waals surface area contributed by atoms with Gasteiger partial charge in [0.1, 0.15) is 6.10 Å². The van der Waals surface area contributed by atoms with E-state index in [1.165, 1.54) is 6.42 Å². The Labute approximate surface area is 67.8 Å². The van der Waals surface area contributed by atoms with Crippen LogP contribution in [-0.2, 0) is 0 Å². The van der Waals surface area contributed by atoms with Gasteiger partial charge in [-0.1, -0.05) is 26.2 Å². The molecule has 0 spiro atoms. The molecule has 11 heavy (non-hydrogen) atoms. The molecule has 1 saturated carbocycles. The highest BCUT2D eigenvalue weighted by molar-refractivity contribution is 4.97. The first-order valence-electron chi connectivity index (χ1n) is 4.27. The monoisotopic (exact) mass is 153 g/mol. The highest BCUT2D eigenvalue weighted by Gasteiger charge is 2.34. The van der Waals surface area contributed by atoms with E-state index in [2.05, 4.69) is 0 Å². The van der Waals surface area contributed by atoms with Crippen LogP contribution in [0.5, 0.6) is 0 Å². The normalized spacial score (nSPS) is 25.5. The molecule has 0 radical (unpaired) electrons. The summed E-state index contributed by atoms with van der Waals surface area (Å²) < 4.78 is 0. The van der Waals surface area contributed by atoms with Crippen molar-refractivity contribution in [3.63, 3.8) is 0 Å². The lowest BCUT2D eigenvalue weighted by atomic mass is 9.72. The van der Waals surface area contributed by atoms with Crippen LogP contribution in [0.4, 0.5) is 0 Å². The summed E-state index contributed by atoms with van der Waals surface area (Å²) in [5.41, 5.74) is -0.118. The Balaban J connectivity index is 2.57. The smallest absolute Gasteiger partial charge is 0.145 e. The summed E-state index contributed by atoms with van der Waals surface area (Å²) in [6.45, 7) is 2.01. The van der Waals surface area contributed by atoms with Crippen molar-refractivity contribution >= 4 is 0 Å². The molecule has 0 aromatic heterocycles. The van der Waals surface area contributed by atoms with Gasteiger partial charge >= 0.3 is 0 Å². The van der Waals surface area contributed by atoms with Crippen molar-refractivity contribution in [1.82, 2.24) is 0 Å². The van der Waals surface area contributed by atoms with Crippen molar-refractivity contribution in [3.8, 4) is 6.07 Å². The average molecular weight is 153 g/mol. The van der Waals surface area contributed by atoms with Gasteiger partial charge in [0.15, 0.2) is 0 Å². The number of nitriles is 1. The molecule has 1 aliphatic carbocycles. The zero-order chi connectivity index (χ0) is 8.32. The number of aliphatic hydroxyl groups excluding tert-OH is 1. The Morgan fingerprint density at radius 3 is 2.36 bits per heavy atom. The first kappa shape index (κ1) is 8.55. The Hall–Kier alpha value is -0.550. The molecule has 1 fully saturated rings. The molecule has 2 heteroatoms. The number of hydrogen-bond donors (Lipinski definition) is 1. The second-order valence-electron chi connectivity index (χ2n) is 3.75. The van der Waals surface area contributed by atoms with Crippen LogP contribution in [0.25, 0.3) is 0 Å². The van der Waals surface area contributed by atoms with Gasteiger partial charge in [-0.3, -0.25) is 0 Å². The third kappa shape index (κ3) is 1.72. The minimum absolute atomic E-state index is 0.118. The zero-order valence-corrected chi connectivity index (χ0v) is 7.01. The van der Waals surface area contributed by atoms with Crippen molar-refractivity contribution in [2.24, 2.45) is 5.41 Å². The molecule has 0 bridgehead atoms. The fourth-order valence-electron chi connectivity index (χ4n) is 1.79. The van der Waals surface area contributed by atoms with Gasteiger partial charge in [0.05, 0.1) is 6.07 Å². The van der Waals surface area contributed by atoms with Gasteiger partial charge in [-0.05, 0) is 12.8 Å². The van der Waals surface area contributed by atoms with Crippen LogP contribution >= 0.6 is 0 Å². The van der Waals surface area contributed by atoms with Crippen LogP contribution < -0.4 is 0 Å². The van der Waals surface area contributed by atoms with Crippen molar-refractivity contribution in [1.29, 1.82) is 5.26 Å². The molecule has 62 valence electrons. The Bertz CT molecular complexity index is 165. The van der Waals surface area contributed by atoms with Crippen LogP contribution in [-0.4, -0.2) is 11.2 Å². The largest absolute Gasteiger partial charge is 0.378 e. The maximum absolute atomic E-state index is 9.38. The summed E-state index contributed by atoms with van der Waals surface area (Å²) in [6, 6.07) is 1.93. The van der Waals surface area contributed by atoms with Gasteiger partial charge in [0.2, 0.25) is 0 Å². The number of nitrogens with zero attached hydrogens (tertiary/aromatic N) is 1. The van der Waals surface area contributed by atoms with Gasteiger partial charge in [-0.2, -0.15) is 5.26 Å². The lowest BCUT2D eigenvalue weighted by Crippen LogP contribution is -2.33. The Kier molecular flexibility index (Phi) is 2.51. The predicted molar refractivity (Wildman–Crippen MR) is 42.8 cm³/mol. The second kappa shape index (κ2) is 3.23. The number of rotatable bonds is 1. The summed E-state index contributed by atoms with van der Waals surface area (Å²) in [6.07, 6.45) is 4.82. The third-order valence-corrected chi connectivity index (χ3v) is 2.78. The molecule has 0 amide bonds. The van der Waals surface area contributed by atoms with E-state index in [4.69, 9.17) is 5.26 Å². The van der Waals surface area contributed by atoms with Crippen LogP contribution in [0.1, 0.15) is 39.0 Å². The van der Waals surface area contributed by atoms with E-state index >= 15 is 0 Å². The van der Waals surface area contributed by atoms with Gasteiger partial charge < -0.3 is 5.11 Å². The predicted octanol–water partition coefficient (Wildman–Crippen LogP) is 1.84. The standard InChI is InChI=1S/C9H15NO/c1-9(8(11)7-10)5-3-2-4-6-9/h8,11H,2-6H2,1H3. The first-order chi connectivity index (χ1) is 5.19. The van der Waals surface area contributed by atoms with Crippen molar-refractivity contribution in [2.75, 3.05) is 0 Å². The second-order valence-corrected chi connectivity index (χ2v) is 3.75. The van der Waals surface area contributed by atoms with E-state index in [0.717, 1.165) is 25.7 Å². The topological polar surface area (TPSA) is 44.0 Å². The molecule has 0 aromatic rings. The minimum Gasteiger partial charge on any atom is -0.378 e. The SMILES string of the molecule is CC1(C(O)C#N)CCCCC1. The maximum Gasteiger partial charge on any atom is 0.145 e. The Morgan fingerprint density at radius 2 is 1.91 bits per heavy atom. The molecule has 1 unspecified atom stereocenters. The molecule has 2 nitrogen and oxygen atoms in total. The van der Waals surface area contributed by atoms with Crippen LogP contribution in [0.15, 0.2) is 0 Å². The summed E-state index contributed by atoms with van der Waals surface area (Å²) in [4.78, 5) is 0. The van der Waals surface area contributed by atoms with Crippen molar-refractivity contribution in [3.05, 3.63) is 0 Å². The van der Waals surface area contributed by atoms with E-state index in [9.17, 15) is 5.11 Å². The molecule has 0 heterocycles. The highest BCUT2D eigenvalue weighted by Crippen LogP contribution is 2.38. The van der Waals surface area contributed by atoms with Crippen LogP contribution in [0.3, 0.4) is 0 Å². The first-order valence-corrected chi connectivity index (χ1v) is 4.27. The summed E-state index contributed by atoms with van der Waals surface area (Å²) in [7, 11) is 0. The van der Waals surface area contributed by atoms with Crippen LogP contribution in [0, 0.1) is 16.7 Å².